The average Bonchev–Trinajstić information content (AvgIpc) is 3.30. The zero-order valence-corrected chi connectivity index (χ0v) is 15.2. The summed E-state index contributed by atoms with van der Waals surface area (Å²) in [6.07, 6.45) is 3.46. The van der Waals surface area contributed by atoms with Gasteiger partial charge < -0.3 is 14.4 Å². The molecule has 140 valence electrons. The van der Waals surface area contributed by atoms with E-state index in [4.69, 9.17) is 9.47 Å². The van der Waals surface area contributed by atoms with Crippen molar-refractivity contribution in [2.24, 2.45) is 7.05 Å². The second-order valence-corrected chi connectivity index (χ2v) is 6.44. The number of amides is 1. The van der Waals surface area contributed by atoms with Crippen LogP contribution in [0.25, 0.3) is 11.0 Å². The molecule has 1 aliphatic heterocycles. The van der Waals surface area contributed by atoms with Crippen LogP contribution in [0.5, 0.6) is 17.4 Å². The summed E-state index contributed by atoms with van der Waals surface area (Å²) in [6.45, 7) is 1.34. The van der Waals surface area contributed by atoms with Crippen molar-refractivity contribution >= 4 is 17.1 Å². The zero-order chi connectivity index (χ0) is 19.0. The number of aromatic nitrogens is 3. The van der Waals surface area contributed by atoms with Gasteiger partial charge in [0, 0.05) is 26.2 Å². The Balaban J connectivity index is 1.72. The van der Waals surface area contributed by atoms with Crippen molar-refractivity contribution in [2.75, 3.05) is 20.2 Å². The number of pyridine rings is 1. The summed E-state index contributed by atoms with van der Waals surface area (Å²) in [4.78, 5) is 31.4. The minimum Gasteiger partial charge on any atom is -0.497 e. The van der Waals surface area contributed by atoms with Crippen LogP contribution in [0.2, 0.25) is 0 Å². The predicted molar refractivity (Wildman–Crippen MR) is 99.6 cm³/mol. The van der Waals surface area contributed by atoms with Gasteiger partial charge in [-0.2, -0.15) is 0 Å². The second kappa shape index (κ2) is 6.79. The molecule has 0 saturated carbocycles. The summed E-state index contributed by atoms with van der Waals surface area (Å²) < 4.78 is 13.5. The third-order valence-corrected chi connectivity index (χ3v) is 4.77. The molecule has 8 nitrogen and oxygen atoms in total. The molecule has 4 rings (SSSR count). The Hall–Kier alpha value is -3.29. The summed E-state index contributed by atoms with van der Waals surface area (Å²) >= 11 is 0. The highest BCUT2D eigenvalue weighted by Crippen LogP contribution is 2.25. The molecule has 0 unspecified atom stereocenters. The normalized spacial score (nSPS) is 13.9. The number of aryl methyl sites for hydroxylation is 1. The fraction of sp³-hybridized carbons (Fsp3) is 0.316. The monoisotopic (exact) mass is 368 g/mol. The Morgan fingerprint density at radius 3 is 2.41 bits per heavy atom. The lowest BCUT2D eigenvalue weighted by molar-refractivity contribution is 0.210. The van der Waals surface area contributed by atoms with Crippen molar-refractivity contribution in [1.29, 1.82) is 0 Å². The molecule has 1 amide bonds. The number of ether oxygens (including phenoxy) is 2. The summed E-state index contributed by atoms with van der Waals surface area (Å²) in [6, 6.07) is 8.40. The number of imidazole rings is 1. The van der Waals surface area contributed by atoms with Gasteiger partial charge >= 0.3 is 11.7 Å². The number of hydrogen-bond donors (Lipinski definition) is 0. The van der Waals surface area contributed by atoms with Gasteiger partial charge in [-0.05, 0) is 37.1 Å². The number of likely N-dealkylation sites (tertiary alicyclic amines) is 1. The first-order valence-corrected chi connectivity index (χ1v) is 8.77. The van der Waals surface area contributed by atoms with Crippen molar-refractivity contribution < 1.29 is 14.3 Å². The molecule has 0 N–H and O–H groups in total. The summed E-state index contributed by atoms with van der Waals surface area (Å²) in [7, 11) is 3.22. The van der Waals surface area contributed by atoms with E-state index in [0.29, 0.717) is 35.8 Å². The number of carbonyl (C=O) groups excluding carboxylic acids is 1. The van der Waals surface area contributed by atoms with Gasteiger partial charge in [0.25, 0.3) is 0 Å². The molecule has 8 heteroatoms. The molecule has 0 radical (unpaired) electrons. The van der Waals surface area contributed by atoms with Crippen LogP contribution in [0.4, 0.5) is 4.79 Å². The predicted octanol–water partition coefficient (Wildman–Crippen LogP) is 2.60. The molecule has 1 aromatic carbocycles. The van der Waals surface area contributed by atoms with Gasteiger partial charge in [0.15, 0.2) is 0 Å². The van der Waals surface area contributed by atoms with Crippen molar-refractivity contribution in [3.05, 3.63) is 47.0 Å². The highest BCUT2D eigenvalue weighted by atomic mass is 16.5. The van der Waals surface area contributed by atoms with E-state index in [-0.39, 0.29) is 11.7 Å². The number of hydrogen-bond acceptors (Lipinski definition) is 5. The molecule has 2 aromatic heterocycles. The smallest absolute Gasteiger partial charge is 0.337 e. The first-order chi connectivity index (χ1) is 13.1. The molecule has 27 heavy (non-hydrogen) atoms. The van der Waals surface area contributed by atoms with Gasteiger partial charge in [-0.3, -0.25) is 4.57 Å². The van der Waals surface area contributed by atoms with Gasteiger partial charge in [-0.25, -0.2) is 19.1 Å². The quantitative estimate of drug-likeness (QED) is 0.710. The largest absolute Gasteiger partial charge is 0.497 e. The Labute approximate surface area is 155 Å². The Morgan fingerprint density at radius 2 is 1.74 bits per heavy atom. The van der Waals surface area contributed by atoms with Crippen LogP contribution >= 0.6 is 0 Å². The molecule has 0 aliphatic carbocycles. The van der Waals surface area contributed by atoms with E-state index in [0.717, 1.165) is 18.6 Å². The van der Waals surface area contributed by atoms with Gasteiger partial charge in [0.2, 0.25) is 5.88 Å². The van der Waals surface area contributed by atoms with E-state index < -0.39 is 0 Å². The van der Waals surface area contributed by atoms with Crippen molar-refractivity contribution in [2.45, 2.75) is 12.8 Å². The van der Waals surface area contributed by atoms with Crippen LogP contribution < -0.4 is 15.2 Å². The van der Waals surface area contributed by atoms with Gasteiger partial charge in [-0.1, -0.05) is 0 Å². The van der Waals surface area contributed by atoms with Crippen LogP contribution in [-0.4, -0.2) is 45.2 Å². The molecule has 1 aliphatic rings. The standard InChI is InChI=1S/C19H20N4O4/c1-21-16-12-20-17(27-14-7-5-13(26-2)6-8-14)11-15(16)23(18(21)24)19(25)22-9-3-4-10-22/h5-8,11-12H,3-4,9-10H2,1-2H3. The van der Waals surface area contributed by atoms with E-state index in [9.17, 15) is 9.59 Å². The summed E-state index contributed by atoms with van der Waals surface area (Å²) in [5.41, 5.74) is 0.679. The number of carbonyl (C=O) groups is 1. The van der Waals surface area contributed by atoms with E-state index in [2.05, 4.69) is 4.98 Å². The highest BCUT2D eigenvalue weighted by Gasteiger charge is 2.25. The van der Waals surface area contributed by atoms with E-state index in [1.165, 1.54) is 9.13 Å². The van der Waals surface area contributed by atoms with Gasteiger partial charge in [0.1, 0.15) is 11.5 Å². The third kappa shape index (κ3) is 3.03. The fourth-order valence-corrected chi connectivity index (χ4v) is 3.27. The molecule has 0 bridgehead atoms. The van der Waals surface area contributed by atoms with E-state index >= 15 is 0 Å². The number of benzene rings is 1. The van der Waals surface area contributed by atoms with E-state index in [1.807, 2.05) is 0 Å². The number of fused-ring (bicyclic) bond motifs is 1. The Bertz CT molecular complexity index is 1050. The maximum atomic E-state index is 12.8. The van der Waals surface area contributed by atoms with Crippen LogP contribution in [0.1, 0.15) is 12.8 Å². The molecular formula is C19H20N4O4. The minimum atomic E-state index is -0.384. The molecule has 0 spiro atoms. The second-order valence-electron chi connectivity index (χ2n) is 6.44. The topological polar surface area (TPSA) is 78.6 Å². The lowest BCUT2D eigenvalue weighted by atomic mass is 10.3. The molecule has 1 fully saturated rings. The van der Waals surface area contributed by atoms with E-state index in [1.54, 1.807) is 55.6 Å². The Kier molecular flexibility index (Phi) is 4.31. The summed E-state index contributed by atoms with van der Waals surface area (Å²) in [5.74, 6) is 1.61. The first-order valence-electron chi connectivity index (χ1n) is 8.77. The molecule has 3 heterocycles. The average molecular weight is 368 g/mol. The van der Waals surface area contributed by atoms with Gasteiger partial charge in [0.05, 0.1) is 24.3 Å². The van der Waals surface area contributed by atoms with Crippen LogP contribution in [0, 0.1) is 0 Å². The maximum Gasteiger partial charge on any atom is 0.337 e. The number of rotatable bonds is 3. The lowest BCUT2D eigenvalue weighted by Gasteiger charge is -2.15. The lowest BCUT2D eigenvalue weighted by Crippen LogP contribution is -2.38. The Morgan fingerprint density at radius 1 is 1.07 bits per heavy atom. The van der Waals surface area contributed by atoms with Gasteiger partial charge in [-0.15, -0.1) is 0 Å². The first kappa shape index (κ1) is 17.1. The molecular weight excluding hydrogens is 348 g/mol. The minimum absolute atomic E-state index is 0.301. The van der Waals surface area contributed by atoms with Crippen molar-refractivity contribution in [3.63, 3.8) is 0 Å². The number of methoxy groups -OCH3 is 1. The van der Waals surface area contributed by atoms with Crippen molar-refractivity contribution in [1.82, 2.24) is 19.0 Å². The zero-order valence-electron chi connectivity index (χ0n) is 15.2. The van der Waals surface area contributed by atoms with Crippen molar-refractivity contribution in [3.8, 4) is 17.4 Å². The van der Waals surface area contributed by atoms with Crippen LogP contribution in [-0.2, 0) is 7.05 Å². The molecule has 3 aromatic rings. The summed E-state index contributed by atoms with van der Waals surface area (Å²) in [5, 5.41) is 0. The fourth-order valence-electron chi connectivity index (χ4n) is 3.27. The highest BCUT2D eigenvalue weighted by molar-refractivity contribution is 5.89. The van der Waals surface area contributed by atoms with Crippen LogP contribution in [0.3, 0.4) is 0 Å². The van der Waals surface area contributed by atoms with Crippen LogP contribution in [0.15, 0.2) is 41.3 Å². The third-order valence-electron chi connectivity index (χ3n) is 4.77. The number of nitrogens with zero attached hydrogens (tertiary/aromatic N) is 4. The SMILES string of the molecule is COc1ccc(Oc2cc3c(cn2)n(C)c(=O)n3C(=O)N2CCCC2)cc1. The maximum absolute atomic E-state index is 12.8. The molecule has 1 saturated heterocycles. The molecule has 0 atom stereocenters.